The fourth-order valence-electron chi connectivity index (χ4n) is 2.15. The van der Waals surface area contributed by atoms with E-state index in [0.29, 0.717) is 0 Å². The summed E-state index contributed by atoms with van der Waals surface area (Å²) >= 11 is 0. The van der Waals surface area contributed by atoms with E-state index < -0.39 is 38.4 Å². The largest absolute Gasteiger partial charge is 0.418 e. The molecule has 0 aliphatic rings. The molecule has 25 heavy (non-hydrogen) atoms. The van der Waals surface area contributed by atoms with E-state index in [1.54, 1.807) is 19.1 Å². The van der Waals surface area contributed by atoms with Crippen LogP contribution in [0.5, 0.6) is 0 Å². The van der Waals surface area contributed by atoms with Crippen LogP contribution in [0.3, 0.4) is 0 Å². The number of sulfone groups is 1. The number of amides is 1. The van der Waals surface area contributed by atoms with Crippen LogP contribution in [0.1, 0.15) is 18.1 Å². The van der Waals surface area contributed by atoms with Crippen LogP contribution in [-0.4, -0.2) is 19.6 Å². The van der Waals surface area contributed by atoms with Gasteiger partial charge in [0.2, 0.25) is 5.91 Å². The lowest BCUT2D eigenvalue weighted by molar-refractivity contribution is -0.137. The molecule has 0 fully saturated rings. The molecule has 0 aromatic heterocycles. The maximum atomic E-state index is 13.0. The number of carbonyl (C=O) groups excluding carboxylic acids is 1. The third kappa shape index (κ3) is 4.19. The molecule has 0 bridgehead atoms. The third-order valence-corrected chi connectivity index (χ3v) is 5.75. The molecular weight excluding hydrogens is 355 g/mol. The average Bonchev–Trinajstić information content (AvgIpc) is 2.54. The van der Waals surface area contributed by atoms with Gasteiger partial charge in [0.05, 0.1) is 16.1 Å². The monoisotopic (exact) mass is 371 g/mol. The Labute approximate surface area is 143 Å². The van der Waals surface area contributed by atoms with Crippen LogP contribution in [0, 0.1) is 6.92 Å². The number of anilines is 1. The van der Waals surface area contributed by atoms with Crippen molar-refractivity contribution < 1.29 is 26.4 Å². The second kappa shape index (κ2) is 6.87. The van der Waals surface area contributed by atoms with Crippen LogP contribution < -0.4 is 5.32 Å². The van der Waals surface area contributed by atoms with Gasteiger partial charge in [-0.05, 0) is 38.1 Å². The first-order valence-corrected chi connectivity index (χ1v) is 8.86. The smallest absolute Gasteiger partial charge is 0.324 e. The zero-order chi connectivity index (χ0) is 18.8. The van der Waals surface area contributed by atoms with Crippen LogP contribution >= 0.6 is 0 Å². The molecule has 0 heterocycles. The molecule has 0 aliphatic heterocycles. The standard InChI is InChI=1S/C17H16F3NO3S/c1-11-7-9-13(10-8-11)25(23,24)12(2)16(22)21-15-6-4-3-5-14(15)17(18,19)20/h3-10,12H,1-2H3,(H,21,22). The quantitative estimate of drug-likeness (QED) is 0.889. The van der Waals surface area contributed by atoms with E-state index in [4.69, 9.17) is 0 Å². The van der Waals surface area contributed by atoms with E-state index in [1.165, 1.54) is 24.3 Å². The summed E-state index contributed by atoms with van der Waals surface area (Å²) in [5, 5.41) is 0.521. The van der Waals surface area contributed by atoms with Crippen molar-refractivity contribution in [2.45, 2.75) is 30.2 Å². The number of rotatable bonds is 4. The maximum Gasteiger partial charge on any atom is 0.418 e. The first-order valence-electron chi connectivity index (χ1n) is 7.31. The van der Waals surface area contributed by atoms with E-state index in [9.17, 15) is 26.4 Å². The topological polar surface area (TPSA) is 63.2 Å². The summed E-state index contributed by atoms with van der Waals surface area (Å²) in [6.45, 7) is 2.92. The fraction of sp³-hybridized carbons (Fsp3) is 0.235. The van der Waals surface area contributed by atoms with E-state index in [2.05, 4.69) is 5.32 Å². The molecule has 2 rings (SSSR count). The lowest BCUT2D eigenvalue weighted by Crippen LogP contribution is -2.33. The van der Waals surface area contributed by atoms with Crippen molar-refractivity contribution in [3.05, 3.63) is 59.7 Å². The van der Waals surface area contributed by atoms with Crippen molar-refractivity contribution in [2.75, 3.05) is 5.32 Å². The summed E-state index contributed by atoms with van der Waals surface area (Å²) in [5.41, 5.74) is -0.676. The minimum Gasteiger partial charge on any atom is -0.324 e. The first kappa shape index (κ1) is 19.0. The summed E-state index contributed by atoms with van der Waals surface area (Å²) in [7, 11) is -4.02. The van der Waals surface area contributed by atoms with Gasteiger partial charge in [-0.1, -0.05) is 29.8 Å². The lowest BCUT2D eigenvalue weighted by Gasteiger charge is -2.17. The lowest BCUT2D eigenvalue weighted by atomic mass is 10.1. The number of hydrogen-bond acceptors (Lipinski definition) is 3. The van der Waals surface area contributed by atoms with E-state index in [-0.39, 0.29) is 4.90 Å². The van der Waals surface area contributed by atoms with Gasteiger partial charge in [-0.2, -0.15) is 13.2 Å². The number of alkyl halides is 3. The summed E-state index contributed by atoms with van der Waals surface area (Å²) in [5.74, 6) is -1.03. The number of hydrogen-bond donors (Lipinski definition) is 1. The Morgan fingerprint density at radius 3 is 2.16 bits per heavy atom. The summed E-state index contributed by atoms with van der Waals surface area (Å²) < 4.78 is 63.8. The Bertz CT molecular complexity index is 875. The zero-order valence-electron chi connectivity index (χ0n) is 13.5. The van der Waals surface area contributed by atoms with Gasteiger partial charge >= 0.3 is 6.18 Å². The van der Waals surface area contributed by atoms with E-state index in [1.807, 2.05) is 0 Å². The number of nitrogens with one attached hydrogen (secondary N) is 1. The van der Waals surface area contributed by atoms with Gasteiger partial charge in [0.15, 0.2) is 9.84 Å². The van der Waals surface area contributed by atoms with Gasteiger partial charge in [-0.3, -0.25) is 4.79 Å². The summed E-state index contributed by atoms with van der Waals surface area (Å²) in [6, 6.07) is 10.3. The van der Waals surface area contributed by atoms with Crippen LogP contribution in [0.2, 0.25) is 0 Å². The van der Waals surface area contributed by atoms with Gasteiger partial charge in [0.25, 0.3) is 0 Å². The predicted molar refractivity (Wildman–Crippen MR) is 87.9 cm³/mol. The van der Waals surface area contributed by atoms with Crippen molar-refractivity contribution in [3.8, 4) is 0 Å². The number of para-hydroxylation sites is 1. The van der Waals surface area contributed by atoms with E-state index in [0.717, 1.165) is 24.6 Å². The molecule has 0 saturated carbocycles. The molecule has 2 aromatic carbocycles. The van der Waals surface area contributed by atoms with Crippen LogP contribution in [-0.2, 0) is 20.8 Å². The number of carbonyl (C=O) groups is 1. The molecule has 1 unspecified atom stereocenters. The van der Waals surface area contributed by atoms with Crippen molar-refractivity contribution in [2.24, 2.45) is 0 Å². The Morgan fingerprint density at radius 1 is 1.04 bits per heavy atom. The number of aryl methyl sites for hydroxylation is 1. The van der Waals surface area contributed by atoms with Crippen LogP contribution in [0.4, 0.5) is 18.9 Å². The second-order valence-corrected chi connectivity index (χ2v) is 7.80. The highest BCUT2D eigenvalue weighted by Crippen LogP contribution is 2.34. The molecule has 4 nitrogen and oxygen atoms in total. The molecule has 0 spiro atoms. The maximum absolute atomic E-state index is 13.0. The van der Waals surface area contributed by atoms with Crippen molar-refractivity contribution in [1.29, 1.82) is 0 Å². The Morgan fingerprint density at radius 2 is 1.60 bits per heavy atom. The Hall–Kier alpha value is -2.35. The summed E-state index contributed by atoms with van der Waals surface area (Å²) in [6.07, 6.45) is -4.66. The molecule has 8 heteroatoms. The Kier molecular flexibility index (Phi) is 5.22. The van der Waals surface area contributed by atoms with Gasteiger partial charge in [-0.25, -0.2) is 8.42 Å². The predicted octanol–water partition coefficient (Wildman–Crippen LogP) is 3.81. The van der Waals surface area contributed by atoms with E-state index >= 15 is 0 Å². The summed E-state index contributed by atoms with van der Waals surface area (Å²) in [4.78, 5) is 12.2. The highest BCUT2D eigenvalue weighted by Gasteiger charge is 2.35. The normalized spacial score (nSPS) is 13.3. The molecule has 1 N–H and O–H groups in total. The minimum absolute atomic E-state index is 0.0649. The highest BCUT2D eigenvalue weighted by atomic mass is 32.2. The van der Waals surface area contributed by atoms with Gasteiger partial charge < -0.3 is 5.32 Å². The molecule has 0 saturated heterocycles. The molecule has 0 aliphatic carbocycles. The highest BCUT2D eigenvalue weighted by molar-refractivity contribution is 7.92. The average molecular weight is 371 g/mol. The fourth-order valence-corrected chi connectivity index (χ4v) is 3.41. The molecular formula is C17H16F3NO3S. The SMILES string of the molecule is Cc1ccc(S(=O)(=O)C(C)C(=O)Nc2ccccc2C(F)(F)F)cc1. The zero-order valence-corrected chi connectivity index (χ0v) is 14.3. The Balaban J connectivity index is 2.28. The molecule has 1 amide bonds. The molecule has 134 valence electrons. The molecule has 0 radical (unpaired) electrons. The van der Waals surface area contributed by atoms with Crippen molar-refractivity contribution in [3.63, 3.8) is 0 Å². The van der Waals surface area contributed by atoms with Crippen LogP contribution in [0.15, 0.2) is 53.4 Å². The number of halogens is 3. The number of benzene rings is 2. The van der Waals surface area contributed by atoms with Crippen LogP contribution in [0.25, 0.3) is 0 Å². The minimum atomic E-state index is -4.66. The second-order valence-electron chi connectivity index (χ2n) is 5.53. The van der Waals surface area contributed by atoms with Crippen molar-refractivity contribution >= 4 is 21.4 Å². The molecule has 2 aromatic rings. The third-order valence-electron chi connectivity index (χ3n) is 3.67. The first-order chi connectivity index (χ1) is 11.5. The van der Waals surface area contributed by atoms with Gasteiger partial charge in [-0.15, -0.1) is 0 Å². The molecule has 1 atom stereocenters. The van der Waals surface area contributed by atoms with Gasteiger partial charge in [0, 0.05) is 0 Å². The van der Waals surface area contributed by atoms with Crippen molar-refractivity contribution in [1.82, 2.24) is 0 Å². The van der Waals surface area contributed by atoms with Gasteiger partial charge in [0.1, 0.15) is 5.25 Å².